The molecule has 16 heavy (non-hydrogen) atoms. The molecule has 2 aromatic rings. The van der Waals surface area contributed by atoms with Crippen LogP contribution in [0.4, 0.5) is 4.39 Å². The first-order chi connectivity index (χ1) is 7.18. The van der Waals surface area contributed by atoms with Crippen LogP contribution in [0.5, 0.6) is 0 Å². The maximum Gasteiger partial charge on any atom is 0.123 e. The van der Waals surface area contributed by atoms with E-state index in [1.54, 1.807) is 17.4 Å². The van der Waals surface area contributed by atoms with Crippen LogP contribution in [0.2, 0.25) is 0 Å². The van der Waals surface area contributed by atoms with Gasteiger partial charge in [-0.3, -0.25) is 0 Å². The molecule has 86 valence electrons. The fourth-order valence-corrected chi connectivity index (χ4v) is 2.57. The lowest BCUT2D eigenvalue weighted by Gasteiger charge is -2.12. The fourth-order valence-electron chi connectivity index (χ4n) is 1.38. The molecular formula is C11H10BrClFNS. The molecule has 0 radical (unpaired) electrons. The highest BCUT2D eigenvalue weighted by Gasteiger charge is 2.13. The quantitative estimate of drug-likeness (QED) is 0.884. The zero-order chi connectivity index (χ0) is 10.8. The summed E-state index contributed by atoms with van der Waals surface area (Å²) in [5.41, 5.74) is 7.82. The van der Waals surface area contributed by atoms with E-state index in [1.165, 1.54) is 12.1 Å². The molecule has 1 aromatic heterocycles. The van der Waals surface area contributed by atoms with Crippen molar-refractivity contribution in [1.82, 2.24) is 0 Å². The summed E-state index contributed by atoms with van der Waals surface area (Å²) in [6.45, 7) is 0. The maximum absolute atomic E-state index is 13.1. The van der Waals surface area contributed by atoms with Gasteiger partial charge in [-0.25, -0.2) is 4.39 Å². The summed E-state index contributed by atoms with van der Waals surface area (Å²) < 4.78 is 13.9. The second kappa shape index (κ2) is 5.77. The van der Waals surface area contributed by atoms with Crippen molar-refractivity contribution in [3.63, 3.8) is 0 Å². The Morgan fingerprint density at radius 3 is 2.69 bits per heavy atom. The standard InChI is InChI=1S/C11H9BrFNS.ClH/c12-10-2-1-8(13)5-9(10)11(14)7-3-4-15-6-7;/h1-6,11H,14H2;1H/t11-;/m1./s1. The average Bonchev–Trinajstić information content (AvgIpc) is 2.74. The van der Waals surface area contributed by atoms with Gasteiger partial charge in [-0.15, -0.1) is 12.4 Å². The summed E-state index contributed by atoms with van der Waals surface area (Å²) in [5.74, 6) is -0.265. The Hall–Kier alpha value is -0.420. The molecule has 0 saturated carbocycles. The van der Waals surface area contributed by atoms with Gasteiger partial charge in [0.25, 0.3) is 0 Å². The van der Waals surface area contributed by atoms with Crippen molar-refractivity contribution in [2.24, 2.45) is 5.73 Å². The van der Waals surface area contributed by atoms with Crippen molar-refractivity contribution < 1.29 is 4.39 Å². The number of rotatable bonds is 2. The summed E-state index contributed by atoms with van der Waals surface area (Å²) in [6.07, 6.45) is 0. The summed E-state index contributed by atoms with van der Waals surface area (Å²) in [7, 11) is 0. The Labute approximate surface area is 112 Å². The first kappa shape index (κ1) is 13.6. The summed E-state index contributed by atoms with van der Waals surface area (Å²) in [4.78, 5) is 0. The topological polar surface area (TPSA) is 26.0 Å². The lowest BCUT2D eigenvalue weighted by molar-refractivity contribution is 0.623. The van der Waals surface area contributed by atoms with Crippen molar-refractivity contribution in [2.45, 2.75) is 6.04 Å². The zero-order valence-electron chi connectivity index (χ0n) is 8.19. The van der Waals surface area contributed by atoms with Crippen LogP contribution in [0.25, 0.3) is 0 Å². The number of hydrogen-bond donors (Lipinski definition) is 1. The fraction of sp³-hybridized carbons (Fsp3) is 0.0909. The van der Waals surface area contributed by atoms with Crippen molar-refractivity contribution in [3.8, 4) is 0 Å². The van der Waals surface area contributed by atoms with Crippen molar-refractivity contribution in [1.29, 1.82) is 0 Å². The molecule has 0 unspecified atom stereocenters. The Bertz CT molecular complexity index is 461. The van der Waals surface area contributed by atoms with Crippen LogP contribution in [0, 0.1) is 5.82 Å². The predicted molar refractivity (Wildman–Crippen MR) is 71.7 cm³/mol. The molecule has 1 aromatic carbocycles. The Morgan fingerprint density at radius 2 is 2.06 bits per heavy atom. The SMILES string of the molecule is Cl.N[C@H](c1ccsc1)c1cc(F)ccc1Br. The molecule has 0 bridgehead atoms. The second-order valence-corrected chi connectivity index (χ2v) is 4.83. The first-order valence-electron chi connectivity index (χ1n) is 4.41. The Kier molecular flexibility index (Phi) is 4.92. The smallest absolute Gasteiger partial charge is 0.123 e. The van der Waals surface area contributed by atoms with E-state index >= 15 is 0 Å². The van der Waals surface area contributed by atoms with Gasteiger partial charge >= 0.3 is 0 Å². The molecule has 1 heterocycles. The van der Waals surface area contributed by atoms with E-state index in [1.807, 2.05) is 16.8 Å². The van der Waals surface area contributed by atoms with E-state index in [-0.39, 0.29) is 24.3 Å². The number of benzene rings is 1. The van der Waals surface area contributed by atoms with Gasteiger partial charge in [-0.2, -0.15) is 11.3 Å². The van der Waals surface area contributed by atoms with Crippen molar-refractivity contribution in [3.05, 3.63) is 56.4 Å². The Morgan fingerprint density at radius 1 is 1.31 bits per heavy atom. The highest BCUT2D eigenvalue weighted by molar-refractivity contribution is 9.10. The third-order valence-corrected chi connectivity index (χ3v) is 3.62. The summed E-state index contributed by atoms with van der Waals surface area (Å²) >= 11 is 4.96. The molecule has 2 N–H and O–H groups in total. The molecule has 0 amide bonds. The Balaban J connectivity index is 0.00000128. The molecule has 0 aliphatic carbocycles. The van der Waals surface area contributed by atoms with Crippen LogP contribution in [0.1, 0.15) is 17.2 Å². The maximum atomic E-state index is 13.1. The third-order valence-electron chi connectivity index (χ3n) is 2.20. The van der Waals surface area contributed by atoms with E-state index in [4.69, 9.17) is 5.73 Å². The van der Waals surface area contributed by atoms with Gasteiger partial charge in [0, 0.05) is 4.47 Å². The predicted octanol–water partition coefficient (Wildman–Crippen LogP) is 4.12. The minimum Gasteiger partial charge on any atom is -0.320 e. The second-order valence-electron chi connectivity index (χ2n) is 3.20. The average molecular weight is 323 g/mol. The van der Waals surface area contributed by atoms with E-state index < -0.39 is 0 Å². The van der Waals surface area contributed by atoms with Crippen molar-refractivity contribution >= 4 is 39.7 Å². The minimum absolute atomic E-state index is 0. The molecule has 2 rings (SSSR count). The molecular weight excluding hydrogens is 313 g/mol. The normalized spacial score (nSPS) is 11.9. The van der Waals surface area contributed by atoms with Gasteiger partial charge in [0.05, 0.1) is 6.04 Å². The van der Waals surface area contributed by atoms with Gasteiger partial charge in [0.15, 0.2) is 0 Å². The molecule has 0 aliphatic rings. The van der Waals surface area contributed by atoms with Gasteiger partial charge in [-0.1, -0.05) is 15.9 Å². The van der Waals surface area contributed by atoms with Gasteiger partial charge < -0.3 is 5.73 Å². The number of hydrogen-bond acceptors (Lipinski definition) is 2. The molecule has 1 nitrogen and oxygen atoms in total. The monoisotopic (exact) mass is 321 g/mol. The highest BCUT2D eigenvalue weighted by Crippen LogP contribution is 2.28. The highest BCUT2D eigenvalue weighted by atomic mass is 79.9. The summed E-state index contributed by atoms with van der Waals surface area (Å²) in [5, 5.41) is 3.93. The lowest BCUT2D eigenvalue weighted by atomic mass is 10.0. The number of halogens is 3. The lowest BCUT2D eigenvalue weighted by Crippen LogP contribution is -2.11. The van der Waals surface area contributed by atoms with E-state index in [9.17, 15) is 4.39 Å². The molecule has 0 spiro atoms. The van der Waals surface area contributed by atoms with Crippen LogP contribution in [-0.2, 0) is 0 Å². The van der Waals surface area contributed by atoms with E-state index in [2.05, 4.69) is 15.9 Å². The van der Waals surface area contributed by atoms with Gasteiger partial charge in [-0.05, 0) is 46.2 Å². The number of thiophene rings is 1. The van der Waals surface area contributed by atoms with Crippen LogP contribution in [0.15, 0.2) is 39.5 Å². The zero-order valence-corrected chi connectivity index (χ0v) is 11.4. The van der Waals surface area contributed by atoms with Gasteiger partial charge in [0.1, 0.15) is 5.82 Å². The first-order valence-corrected chi connectivity index (χ1v) is 6.14. The van der Waals surface area contributed by atoms with Gasteiger partial charge in [0.2, 0.25) is 0 Å². The van der Waals surface area contributed by atoms with Crippen LogP contribution in [-0.4, -0.2) is 0 Å². The molecule has 5 heteroatoms. The molecule has 1 atom stereocenters. The van der Waals surface area contributed by atoms with Crippen LogP contribution >= 0.6 is 39.7 Å². The van der Waals surface area contributed by atoms with Crippen LogP contribution in [0.3, 0.4) is 0 Å². The summed E-state index contributed by atoms with van der Waals surface area (Å²) in [6, 6.07) is 6.23. The molecule has 0 aliphatic heterocycles. The van der Waals surface area contributed by atoms with E-state index in [0.29, 0.717) is 0 Å². The number of nitrogens with two attached hydrogens (primary N) is 1. The molecule has 0 saturated heterocycles. The minimum atomic E-state index is -0.277. The molecule has 0 fully saturated rings. The van der Waals surface area contributed by atoms with E-state index in [0.717, 1.165) is 15.6 Å². The largest absolute Gasteiger partial charge is 0.320 e. The van der Waals surface area contributed by atoms with Crippen LogP contribution < -0.4 is 5.73 Å². The van der Waals surface area contributed by atoms with Crippen molar-refractivity contribution in [2.75, 3.05) is 0 Å². The third kappa shape index (κ3) is 2.83.